The standard InChI is InChI=1S/C27H40O5Si/c1-5-16-28-17-18-29-19-20-30-21-22-31-23-24-32-33(27(2,3)4,25-12-8-6-9-13-25)26-14-10-7-11-15-26/h5-15H,1,16-24H2,2-4H3. The average Bonchev–Trinajstić information content (AvgIpc) is 2.82. The summed E-state index contributed by atoms with van der Waals surface area (Å²) in [5.74, 6) is 0. The van der Waals surface area contributed by atoms with Crippen LogP contribution in [-0.2, 0) is 23.4 Å². The first-order valence-electron chi connectivity index (χ1n) is 11.7. The Balaban J connectivity index is 1.78. The minimum Gasteiger partial charge on any atom is -0.405 e. The highest BCUT2D eigenvalue weighted by Crippen LogP contribution is 2.36. The van der Waals surface area contributed by atoms with Gasteiger partial charge in [-0.15, -0.1) is 6.58 Å². The summed E-state index contributed by atoms with van der Waals surface area (Å²) in [5.41, 5.74) is 0. The number of ether oxygens (including phenoxy) is 4. The van der Waals surface area contributed by atoms with Crippen LogP contribution in [0.2, 0.25) is 5.04 Å². The van der Waals surface area contributed by atoms with Gasteiger partial charge in [0.2, 0.25) is 0 Å². The van der Waals surface area contributed by atoms with Gasteiger partial charge >= 0.3 is 0 Å². The van der Waals surface area contributed by atoms with Gasteiger partial charge in [0.15, 0.2) is 0 Å². The van der Waals surface area contributed by atoms with E-state index in [4.69, 9.17) is 23.4 Å². The van der Waals surface area contributed by atoms with Crippen LogP contribution in [-0.4, -0.2) is 67.8 Å². The maximum absolute atomic E-state index is 6.80. The van der Waals surface area contributed by atoms with E-state index < -0.39 is 8.32 Å². The second kappa shape index (κ2) is 15.2. The van der Waals surface area contributed by atoms with Crippen LogP contribution in [0, 0.1) is 0 Å². The molecule has 2 aromatic rings. The minimum absolute atomic E-state index is 0.0322. The zero-order valence-electron chi connectivity index (χ0n) is 20.5. The van der Waals surface area contributed by atoms with E-state index in [-0.39, 0.29) is 5.04 Å². The summed E-state index contributed by atoms with van der Waals surface area (Å²) in [7, 11) is -2.50. The normalized spacial score (nSPS) is 12.1. The van der Waals surface area contributed by atoms with E-state index in [1.165, 1.54) is 10.4 Å². The molecule has 0 unspecified atom stereocenters. The third kappa shape index (κ3) is 8.81. The van der Waals surface area contributed by atoms with E-state index in [0.29, 0.717) is 59.5 Å². The molecule has 5 nitrogen and oxygen atoms in total. The topological polar surface area (TPSA) is 46.2 Å². The van der Waals surface area contributed by atoms with Crippen LogP contribution in [0.5, 0.6) is 0 Å². The molecule has 33 heavy (non-hydrogen) atoms. The highest BCUT2D eigenvalue weighted by atomic mass is 28.4. The molecule has 0 aliphatic carbocycles. The molecule has 182 valence electrons. The van der Waals surface area contributed by atoms with Crippen molar-refractivity contribution in [1.29, 1.82) is 0 Å². The van der Waals surface area contributed by atoms with Gasteiger partial charge in [-0.2, -0.15) is 0 Å². The first-order chi connectivity index (χ1) is 16.0. The maximum atomic E-state index is 6.80. The second-order valence-corrected chi connectivity index (χ2v) is 13.0. The van der Waals surface area contributed by atoms with Crippen LogP contribution in [0.25, 0.3) is 0 Å². The lowest BCUT2D eigenvalue weighted by atomic mass is 10.2. The fraction of sp³-hybridized carbons (Fsp3) is 0.481. The second-order valence-electron chi connectivity index (χ2n) is 8.71. The van der Waals surface area contributed by atoms with Crippen LogP contribution < -0.4 is 10.4 Å². The monoisotopic (exact) mass is 472 g/mol. The van der Waals surface area contributed by atoms with E-state index in [2.05, 4.69) is 88.0 Å². The van der Waals surface area contributed by atoms with Crippen molar-refractivity contribution in [3.8, 4) is 0 Å². The largest absolute Gasteiger partial charge is 0.405 e. The number of rotatable bonds is 17. The molecule has 6 heteroatoms. The Labute approximate surface area is 200 Å². The van der Waals surface area contributed by atoms with Gasteiger partial charge in [0.1, 0.15) is 0 Å². The molecule has 0 heterocycles. The molecule has 0 fully saturated rings. The SMILES string of the molecule is C=CCOCCOCCOCCOCCO[Si](c1ccccc1)(c1ccccc1)C(C)(C)C. The Morgan fingerprint density at radius 2 is 1.03 bits per heavy atom. The van der Waals surface area contributed by atoms with Crippen LogP contribution in [0.1, 0.15) is 20.8 Å². The first-order valence-corrected chi connectivity index (χ1v) is 13.6. The summed E-state index contributed by atoms with van der Waals surface area (Å²) in [4.78, 5) is 0. The molecule has 0 radical (unpaired) electrons. The number of benzene rings is 2. The van der Waals surface area contributed by atoms with Crippen molar-refractivity contribution in [2.24, 2.45) is 0 Å². The molecule has 0 bridgehead atoms. The van der Waals surface area contributed by atoms with Gasteiger partial charge in [-0.05, 0) is 15.4 Å². The molecule has 0 N–H and O–H groups in total. The Hall–Kier alpha value is -1.80. The third-order valence-electron chi connectivity index (χ3n) is 5.31. The lowest BCUT2D eigenvalue weighted by molar-refractivity contribution is -0.00256. The van der Waals surface area contributed by atoms with Crippen LogP contribution >= 0.6 is 0 Å². The van der Waals surface area contributed by atoms with Crippen molar-refractivity contribution in [1.82, 2.24) is 0 Å². The molecule has 0 saturated heterocycles. The Kier molecular flexibility index (Phi) is 12.6. The van der Waals surface area contributed by atoms with Gasteiger partial charge in [-0.3, -0.25) is 0 Å². The Morgan fingerprint density at radius 1 is 0.636 bits per heavy atom. The van der Waals surface area contributed by atoms with Crippen molar-refractivity contribution >= 4 is 18.7 Å². The summed E-state index contributed by atoms with van der Waals surface area (Å²) in [6, 6.07) is 21.3. The molecule has 2 rings (SSSR count). The summed E-state index contributed by atoms with van der Waals surface area (Å²) in [6.45, 7) is 15.4. The van der Waals surface area contributed by atoms with Gasteiger partial charge in [0.25, 0.3) is 8.32 Å². The maximum Gasteiger partial charge on any atom is 0.261 e. The van der Waals surface area contributed by atoms with Crippen molar-refractivity contribution in [3.63, 3.8) is 0 Å². The highest BCUT2D eigenvalue weighted by Gasteiger charge is 2.49. The molecule has 0 atom stereocenters. The van der Waals surface area contributed by atoms with Crippen LogP contribution in [0.3, 0.4) is 0 Å². The average molecular weight is 473 g/mol. The lowest BCUT2D eigenvalue weighted by Crippen LogP contribution is -2.66. The van der Waals surface area contributed by atoms with E-state index in [9.17, 15) is 0 Å². The Bertz CT molecular complexity index is 722. The lowest BCUT2D eigenvalue weighted by Gasteiger charge is -2.43. The van der Waals surface area contributed by atoms with Gasteiger partial charge in [-0.1, -0.05) is 87.5 Å². The smallest absolute Gasteiger partial charge is 0.261 e. The van der Waals surface area contributed by atoms with Crippen molar-refractivity contribution in [2.75, 3.05) is 59.5 Å². The van der Waals surface area contributed by atoms with Crippen molar-refractivity contribution in [2.45, 2.75) is 25.8 Å². The number of hydrogen-bond donors (Lipinski definition) is 0. The predicted octanol–water partition coefficient (Wildman–Crippen LogP) is 3.82. The summed E-state index contributed by atoms with van der Waals surface area (Å²) in [6.07, 6.45) is 1.72. The minimum atomic E-state index is -2.50. The van der Waals surface area contributed by atoms with Gasteiger partial charge in [0, 0.05) is 0 Å². The zero-order valence-corrected chi connectivity index (χ0v) is 21.5. The predicted molar refractivity (Wildman–Crippen MR) is 137 cm³/mol. The molecule has 0 aliphatic heterocycles. The van der Waals surface area contributed by atoms with Crippen molar-refractivity contribution < 1.29 is 23.4 Å². The summed E-state index contributed by atoms with van der Waals surface area (Å²) >= 11 is 0. The number of hydrogen-bond acceptors (Lipinski definition) is 5. The molecule has 0 spiro atoms. The van der Waals surface area contributed by atoms with E-state index in [1.807, 2.05) is 0 Å². The molecule has 0 amide bonds. The summed E-state index contributed by atoms with van der Waals surface area (Å²) < 4.78 is 28.8. The van der Waals surface area contributed by atoms with E-state index in [0.717, 1.165) is 0 Å². The third-order valence-corrected chi connectivity index (χ3v) is 10.4. The van der Waals surface area contributed by atoms with Gasteiger partial charge in [-0.25, -0.2) is 0 Å². The van der Waals surface area contributed by atoms with Gasteiger partial charge in [0.05, 0.1) is 59.5 Å². The fourth-order valence-electron chi connectivity index (χ4n) is 3.84. The van der Waals surface area contributed by atoms with Crippen molar-refractivity contribution in [3.05, 3.63) is 73.3 Å². The highest BCUT2D eigenvalue weighted by molar-refractivity contribution is 6.99. The molecule has 0 aliphatic rings. The van der Waals surface area contributed by atoms with E-state index in [1.54, 1.807) is 6.08 Å². The fourth-order valence-corrected chi connectivity index (χ4v) is 8.39. The molecular formula is C27H40O5Si. The Morgan fingerprint density at radius 3 is 1.42 bits per heavy atom. The van der Waals surface area contributed by atoms with Crippen LogP contribution in [0.4, 0.5) is 0 Å². The van der Waals surface area contributed by atoms with Crippen LogP contribution in [0.15, 0.2) is 73.3 Å². The molecule has 0 aromatic heterocycles. The summed E-state index contributed by atoms with van der Waals surface area (Å²) in [5, 5.41) is 2.53. The van der Waals surface area contributed by atoms with E-state index >= 15 is 0 Å². The molecular weight excluding hydrogens is 432 g/mol. The molecule has 2 aromatic carbocycles. The zero-order chi connectivity index (χ0) is 23.8. The van der Waals surface area contributed by atoms with Gasteiger partial charge < -0.3 is 23.4 Å². The quantitative estimate of drug-likeness (QED) is 0.199. The molecule has 0 saturated carbocycles. The first kappa shape index (κ1) is 27.4.